The molecule has 48 valence electrons. The Labute approximate surface area is 64.2 Å². The van der Waals surface area contributed by atoms with Crippen molar-refractivity contribution >= 4 is 4.30 Å². The van der Waals surface area contributed by atoms with Crippen LogP contribution in [0.4, 0.5) is 0 Å². The van der Waals surface area contributed by atoms with E-state index in [4.69, 9.17) is 0 Å². The van der Waals surface area contributed by atoms with Gasteiger partial charge < -0.3 is 0 Å². The fourth-order valence-corrected chi connectivity index (χ4v) is 0.961. The maximum absolute atomic E-state index is 10.6. The summed E-state index contributed by atoms with van der Waals surface area (Å²) >= 11 is 1.56. The molecule has 0 aliphatic carbocycles. The van der Waals surface area contributed by atoms with Crippen molar-refractivity contribution in [1.29, 1.82) is 0 Å². The van der Waals surface area contributed by atoms with Crippen molar-refractivity contribution in [3.05, 3.63) is 35.9 Å². The molecule has 1 aromatic carbocycles. The van der Waals surface area contributed by atoms with Gasteiger partial charge in [0.15, 0.2) is 0 Å². The molecule has 0 aliphatic heterocycles. The van der Waals surface area contributed by atoms with Crippen LogP contribution >= 0.6 is 0 Å². The Morgan fingerprint density at radius 3 is 2.11 bits per heavy atom. The van der Waals surface area contributed by atoms with E-state index in [-0.39, 0.29) is 4.30 Å². The molecule has 0 saturated carbocycles. The zero-order chi connectivity index (χ0) is 6.69. The molecule has 0 spiro atoms. The fraction of sp³-hybridized carbons (Fsp3) is 0. The zero-order valence-corrected chi connectivity index (χ0v) is 7.02. The molecule has 0 N–H and O–H groups in total. The van der Waals surface area contributed by atoms with Gasteiger partial charge in [-0.15, -0.1) is 0 Å². The van der Waals surface area contributed by atoms with Gasteiger partial charge in [-0.2, -0.15) is 0 Å². The summed E-state index contributed by atoms with van der Waals surface area (Å²) in [6.45, 7) is 0. The molecule has 0 bridgehead atoms. The average Bonchev–Trinajstić information content (AvgIpc) is 1.90. The van der Waals surface area contributed by atoms with Crippen LogP contribution in [0.5, 0.6) is 0 Å². The third-order valence-electron chi connectivity index (χ3n) is 0.988. The van der Waals surface area contributed by atoms with E-state index in [0.717, 1.165) is 5.56 Å². The van der Waals surface area contributed by atoms with Gasteiger partial charge in [-0.1, -0.05) is 0 Å². The van der Waals surface area contributed by atoms with Gasteiger partial charge in [-0.3, -0.25) is 0 Å². The van der Waals surface area contributed by atoms with Crippen LogP contribution in [0.25, 0.3) is 0 Å². The molecule has 0 radical (unpaired) electrons. The van der Waals surface area contributed by atoms with Crippen LogP contribution in [0, 0.1) is 0 Å². The maximum atomic E-state index is 10.6. The first-order valence-electron chi connectivity index (χ1n) is 2.53. The van der Waals surface area contributed by atoms with E-state index < -0.39 is 0 Å². The summed E-state index contributed by atoms with van der Waals surface area (Å²) in [6, 6.07) is 9.23. The summed E-state index contributed by atoms with van der Waals surface area (Å²) in [5, 5.41) is 0. The Balaban J connectivity index is 2.98. The van der Waals surface area contributed by atoms with Gasteiger partial charge in [-0.05, 0) is 0 Å². The molecule has 0 atom stereocenters. The van der Waals surface area contributed by atoms with E-state index in [2.05, 4.69) is 0 Å². The van der Waals surface area contributed by atoms with Gasteiger partial charge in [0, 0.05) is 0 Å². The second-order valence-electron chi connectivity index (χ2n) is 1.62. The topological polar surface area (TPSA) is 17.1 Å². The Bertz CT molecular complexity index is 205. The minimum atomic E-state index is 0.121. The van der Waals surface area contributed by atoms with Crippen LogP contribution < -0.4 is 0 Å². The van der Waals surface area contributed by atoms with Crippen molar-refractivity contribution < 1.29 is 23.7 Å². The number of carbonyl (C=O) groups excluding carboxylic acids is 1. The summed E-state index contributed by atoms with van der Waals surface area (Å²) in [6.07, 6.45) is 0. The Morgan fingerprint density at radius 2 is 1.78 bits per heavy atom. The summed E-state index contributed by atoms with van der Waals surface area (Å²) in [5.74, 6) is 0. The number of rotatable bonds is 1. The molecular weight excluding hydrogens is 292 g/mol. The van der Waals surface area contributed by atoms with Crippen molar-refractivity contribution in [3.63, 3.8) is 0 Å². The van der Waals surface area contributed by atoms with Gasteiger partial charge in [0.2, 0.25) is 0 Å². The van der Waals surface area contributed by atoms with Gasteiger partial charge in [0.1, 0.15) is 0 Å². The Morgan fingerprint density at radius 1 is 1.22 bits per heavy atom. The number of hydrogen-bond donors (Lipinski definition) is 0. The SMILES string of the molecule is O=[C]([Ir])c1ccccc1. The second kappa shape index (κ2) is 2.90. The molecular formula is C7H5IrO. The van der Waals surface area contributed by atoms with E-state index >= 15 is 0 Å². The Kier molecular flexibility index (Phi) is 2.15. The quantitative estimate of drug-likeness (QED) is 0.765. The molecule has 0 aromatic heterocycles. The van der Waals surface area contributed by atoms with E-state index in [1.807, 2.05) is 30.3 Å². The monoisotopic (exact) mass is 298 g/mol. The third kappa shape index (κ3) is 1.74. The molecule has 0 saturated heterocycles. The molecule has 9 heavy (non-hydrogen) atoms. The average molecular weight is 297 g/mol. The van der Waals surface area contributed by atoms with Crippen LogP contribution in [0.15, 0.2) is 30.3 Å². The molecule has 1 rings (SSSR count). The number of benzene rings is 1. The van der Waals surface area contributed by atoms with Gasteiger partial charge >= 0.3 is 63.9 Å². The van der Waals surface area contributed by atoms with Crippen molar-refractivity contribution in [2.45, 2.75) is 0 Å². The van der Waals surface area contributed by atoms with Crippen molar-refractivity contribution in [3.8, 4) is 0 Å². The number of hydrogen-bond acceptors (Lipinski definition) is 1. The molecule has 0 amide bonds. The fourth-order valence-electron chi connectivity index (χ4n) is 0.562. The van der Waals surface area contributed by atoms with Crippen LogP contribution in [0.3, 0.4) is 0 Å². The normalized spacial score (nSPS) is 9.11. The first-order chi connectivity index (χ1) is 4.30. The van der Waals surface area contributed by atoms with Gasteiger partial charge in [-0.25, -0.2) is 0 Å². The van der Waals surface area contributed by atoms with Crippen LogP contribution in [-0.2, 0) is 18.9 Å². The summed E-state index contributed by atoms with van der Waals surface area (Å²) in [5.41, 5.74) is 0.775. The molecule has 0 fully saturated rings. The van der Waals surface area contributed by atoms with Crippen LogP contribution in [0.1, 0.15) is 10.4 Å². The zero-order valence-electron chi connectivity index (χ0n) is 4.63. The molecule has 0 unspecified atom stereocenters. The molecule has 2 heteroatoms. The van der Waals surface area contributed by atoms with Crippen molar-refractivity contribution in [1.82, 2.24) is 0 Å². The van der Waals surface area contributed by atoms with Crippen LogP contribution in [-0.4, -0.2) is 4.30 Å². The minimum absolute atomic E-state index is 0.121. The summed E-state index contributed by atoms with van der Waals surface area (Å²) in [7, 11) is 0. The predicted molar refractivity (Wildman–Crippen MR) is 30.8 cm³/mol. The second-order valence-corrected chi connectivity index (χ2v) is 2.71. The van der Waals surface area contributed by atoms with E-state index in [1.54, 1.807) is 18.9 Å². The first kappa shape index (κ1) is 6.66. The van der Waals surface area contributed by atoms with Gasteiger partial charge in [0.05, 0.1) is 0 Å². The van der Waals surface area contributed by atoms with Crippen molar-refractivity contribution in [2.24, 2.45) is 0 Å². The van der Waals surface area contributed by atoms with E-state index in [9.17, 15) is 4.79 Å². The standard InChI is InChI=1S/C7H5O.Ir/c8-6-7-4-2-1-3-5-7;/h1-5H;. The molecule has 1 nitrogen and oxygen atoms in total. The van der Waals surface area contributed by atoms with E-state index in [1.165, 1.54) is 0 Å². The summed E-state index contributed by atoms with van der Waals surface area (Å²) in [4.78, 5) is 10.6. The summed E-state index contributed by atoms with van der Waals surface area (Å²) < 4.78 is 0.121. The van der Waals surface area contributed by atoms with E-state index in [0.29, 0.717) is 0 Å². The van der Waals surface area contributed by atoms with Crippen molar-refractivity contribution in [2.75, 3.05) is 0 Å². The molecule has 0 aliphatic rings. The molecule has 0 heterocycles. The Hall–Kier alpha value is -0.461. The molecule has 1 aromatic rings. The van der Waals surface area contributed by atoms with Crippen LogP contribution in [0.2, 0.25) is 0 Å². The first-order valence-corrected chi connectivity index (χ1v) is 3.73. The third-order valence-corrected chi connectivity index (χ3v) is 1.68. The predicted octanol–water partition coefficient (Wildman–Crippen LogP) is 1.37. The van der Waals surface area contributed by atoms with Gasteiger partial charge in [0.25, 0.3) is 0 Å². The number of carbonyl (C=O) groups is 1.